The molecule has 1 aromatic heterocycles. The van der Waals surface area contributed by atoms with Gasteiger partial charge in [0.25, 0.3) is 0 Å². The monoisotopic (exact) mass is 347 g/mol. The number of Topliss-reactive ketones (excluding diaryl/α,β-unsaturated/α-hetero) is 1. The summed E-state index contributed by atoms with van der Waals surface area (Å²) < 4.78 is 5.12. The minimum atomic E-state index is 0.0360. The second-order valence-corrected chi connectivity index (χ2v) is 5.70. The molecule has 130 valence electrons. The molecule has 0 saturated heterocycles. The van der Waals surface area contributed by atoms with Gasteiger partial charge in [-0.05, 0) is 51.5 Å². The zero-order valence-corrected chi connectivity index (χ0v) is 15.4. The molecule has 0 bridgehead atoms. The normalized spacial score (nSPS) is 8.83. The third-order valence-electron chi connectivity index (χ3n) is 2.56. The van der Waals surface area contributed by atoms with Crippen LogP contribution in [-0.2, 0) is 4.79 Å². The number of nitrogen functional groups attached to an aromatic ring is 1. The van der Waals surface area contributed by atoms with E-state index < -0.39 is 0 Å². The van der Waals surface area contributed by atoms with Gasteiger partial charge in [-0.15, -0.1) is 0 Å². The molecule has 0 atom stereocenters. The summed E-state index contributed by atoms with van der Waals surface area (Å²) in [4.78, 5) is 15.0. The van der Waals surface area contributed by atoms with Gasteiger partial charge >= 0.3 is 0 Å². The number of carbonyl (C=O) groups excluding carboxylic acids is 1. The summed E-state index contributed by atoms with van der Waals surface area (Å²) in [5.41, 5.74) is 12.5. The number of rotatable bonds is 3. The Kier molecular flexibility index (Phi) is 10.8. The SMILES string of the molecule is CC(=O)COc1ccccc1.CC(N)=S.Cc1ccc(N)nc1C. The molecule has 1 aromatic carbocycles. The molecule has 5 nitrogen and oxygen atoms in total. The Balaban J connectivity index is 0.000000367. The first-order valence-corrected chi connectivity index (χ1v) is 7.76. The van der Waals surface area contributed by atoms with E-state index in [0.29, 0.717) is 10.8 Å². The summed E-state index contributed by atoms with van der Waals surface area (Å²) >= 11 is 4.31. The molecular formula is C18H25N3O2S. The number of nitrogens with two attached hydrogens (primary N) is 2. The van der Waals surface area contributed by atoms with Crippen LogP contribution in [0.5, 0.6) is 5.75 Å². The summed E-state index contributed by atoms with van der Waals surface area (Å²) in [5, 5.41) is 0. The molecule has 1 heterocycles. The molecule has 0 amide bonds. The lowest BCUT2D eigenvalue weighted by Crippen LogP contribution is -2.06. The molecule has 0 aliphatic carbocycles. The predicted molar refractivity (Wildman–Crippen MR) is 103 cm³/mol. The van der Waals surface area contributed by atoms with Gasteiger partial charge in [-0.2, -0.15) is 0 Å². The Bertz CT molecular complexity index is 642. The molecule has 2 aromatic rings. The van der Waals surface area contributed by atoms with Crippen molar-refractivity contribution < 1.29 is 9.53 Å². The van der Waals surface area contributed by atoms with Crippen LogP contribution in [0.2, 0.25) is 0 Å². The highest BCUT2D eigenvalue weighted by atomic mass is 32.1. The lowest BCUT2D eigenvalue weighted by molar-refractivity contribution is -0.118. The Morgan fingerprint density at radius 3 is 2.08 bits per heavy atom. The molecule has 0 unspecified atom stereocenters. The van der Waals surface area contributed by atoms with Crippen LogP contribution in [0.1, 0.15) is 25.1 Å². The van der Waals surface area contributed by atoms with Crippen LogP contribution >= 0.6 is 12.2 Å². The minimum absolute atomic E-state index is 0.0360. The molecule has 0 aliphatic rings. The number of nitrogens with zero attached hydrogens (tertiary/aromatic N) is 1. The van der Waals surface area contributed by atoms with Crippen LogP contribution in [-0.4, -0.2) is 22.4 Å². The fourth-order valence-corrected chi connectivity index (χ4v) is 1.35. The number of benzene rings is 1. The number of pyridine rings is 1. The summed E-state index contributed by atoms with van der Waals surface area (Å²) in [6.45, 7) is 7.30. The Hall–Kier alpha value is -2.47. The molecule has 0 aliphatic heterocycles. The number of hydrogen-bond donors (Lipinski definition) is 2. The van der Waals surface area contributed by atoms with Crippen molar-refractivity contribution >= 4 is 28.8 Å². The minimum Gasteiger partial charge on any atom is -0.486 e. The first-order chi connectivity index (χ1) is 11.2. The standard InChI is InChI=1S/C9H10O2.C7H10N2.C2H5NS/c1-8(10)7-11-9-5-3-2-4-6-9;1-5-3-4-7(8)9-6(5)2;1-2(3)4/h2-6H,7H2,1H3;3-4H,1-2H3,(H2,8,9);1H3,(H2,3,4). The van der Waals surface area contributed by atoms with Crippen molar-refractivity contribution in [3.8, 4) is 5.75 Å². The lowest BCUT2D eigenvalue weighted by atomic mass is 10.2. The zero-order valence-electron chi connectivity index (χ0n) is 14.6. The highest BCUT2D eigenvalue weighted by Crippen LogP contribution is 2.07. The van der Waals surface area contributed by atoms with Gasteiger partial charge in [0.2, 0.25) is 0 Å². The number of hydrogen-bond acceptors (Lipinski definition) is 5. The Morgan fingerprint density at radius 1 is 1.12 bits per heavy atom. The average molecular weight is 347 g/mol. The molecule has 0 saturated carbocycles. The maximum Gasteiger partial charge on any atom is 0.167 e. The van der Waals surface area contributed by atoms with E-state index in [4.69, 9.17) is 16.2 Å². The zero-order chi connectivity index (χ0) is 18.5. The van der Waals surface area contributed by atoms with Crippen molar-refractivity contribution in [2.24, 2.45) is 5.73 Å². The van der Waals surface area contributed by atoms with Gasteiger partial charge in [-0.3, -0.25) is 4.79 Å². The molecule has 4 N–H and O–H groups in total. The van der Waals surface area contributed by atoms with Gasteiger partial charge in [0, 0.05) is 5.69 Å². The fourth-order valence-electron chi connectivity index (χ4n) is 1.35. The number of para-hydroxylation sites is 1. The molecule has 2 rings (SSSR count). The lowest BCUT2D eigenvalue weighted by Gasteiger charge is -2.01. The number of ketones is 1. The van der Waals surface area contributed by atoms with Gasteiger partial charge in [-0.1, -0.05) is 36.5 Å². The van der Waals surface area contributed by atoms with E-state index in [1.807, 2.05) is 56.3 Å². The summed E-state index contributed by atoms with van der Waals surface area (Å²) in [5.74, 6) is 1.37. The van der Waals surface area contributed by atoms with E-state index in [0.717, 1.165) is 11.4 Å². The van der Waals surface area contributed by atoms with Gasteiger partial charge in [0.15, 0.2) is 5.78 Å². The van der Waals surface area contributed by atoms with Crippen LogP contribution in [0.3, 0.4) is 0 Å². The van der Waals surface area contributed by atoms with Gasteiger partial charge in [0.05, 0.1) is 4.99 Å². The molecule has 0 spiro atoms. The number of ether oxygens (including phenoxy) is 1. The maximum absolute atomic E-state index is 10.5. The topological polar surface area (TPSA) is 91.2 Å². The van der Waals surface area contributed by atoms with Gasteiger partial charge in [-0.25, -0.2) is 4.98 Å². The first kappa shape index (κ1) is 21.5. The van der Waals surface area contributed by atoms with Crippen molar-refractivity contribution in [2.75, 3.05) is 12.3 Å². The second-order valence-electron chi connectivity index (χ2n) is 5.05. The molecule has 24 heavy (non-hydrogen) atoms. The Labute approximate surface area is 149 Å². The van der Waals surface area contributed by atoms with Crippen LogP contribution in [0.4, 0.5) is 5.82 Å². The first-order valence-electron chi connectivity index (χ1n) is 7.35. The number of thiocarbonyl (C=S) groups is 1. The highest BCUT2D eigenvalue weighted by molar-refractivity contribution is 7.80. The van der Waals surface area contributed by atoms with Crippen LogP contribution in [0.25, 0.3) is 0 Å². The largest absolute Gasteiger partial charge is 0.486 e. The van der Waals surface area contributed by atoms with E-state index >= 15 is 0 Å². The highest BCUT2D eigenvalue weighted by Gasteiger charge is 1.93. The van der Waals surface area contributed by atoms with Gasteiger partial charge < -0.3 is 16.2 Å². The summed E-state index contributed by atoms with van der Waals surface area (Å²) in [6.07, 6.45) is 0. The smallest absolute Gasteiger partial charge is 0.167 e. The second kappa shape index (κ2) is 12.0. The van der Waals surface area contributed by atoms with Crippen molar-refractivity contribution in [1.82, 2.24) is 4.98 Å². The average Bonchev–Trinajstić information content (AvgIpc) is 2.50. The fraction of sp³-hybridized carbons (Fsp3) is 0.278. The van der Waals surface area contributed by atoms with Crippen LogP contribution < -0.4 is 16.2 Å². The van der Waals surface area contributed by atoms with Crippen molar-refractivity contribution in [2.45, 2.75) is 27.7 Å². The quantitative estimate of drug-likeness (QED) is 0.828. The molecule has 0 fully saturated rings. The third-order valence-corrected chi connectivity index (χ3v) is 2.56. The summed E-state index contributed by atoms with van der Waals surface area (Å²) in [7, 11) is 0. The number of aromatic nitrogens is 1. The number of aryl methyl sites for hydroxylation is 2. The van der Waals surface area contributed by atoms with E-state index in [-0.39, 0.29) is 12.4 Å². The maximum atomic E-state index is 10.5. The van der Waals surface area contributed by atoms with E-state index in [2.05, 4.69) is 17.2 Å². The predicted octanol–water partition coefficient (Wildman–Crippen LogP) is 3.23. The van der Waals surface area contributed by atoms with Crippen LogP contribution in [0.15, 0.2) is 42.5 Å². The van der Waals surface area contributed by atoms with Gasteiger partial charge in [0.1, 0.15) is 18.2 Å². The summed E-state index contributed by atoms with van der Waals surface area (Å²) in [6, 6.07) is 13.1. The third kappa shape index (κ3) is 12.1. The van der Waals surface area contributed by atoms with Crippen molar-refractivity contribution in [1.29, 1.82) is 0 Å². The number of carbonyl (C=O) groups is 1. The molecule has 6 heteroatoms. The van der Waals surface area contributed by atoms with Crippen molar-refractivity contribution in [3.05, 3.63) is 53.7 Å². The molecular weight excluding hydrogens is 322 g/mol. The molecule has 0 radical (unpaired) electrons. The van der Waals surface area contributed by atoms with E-state index in [1.54, 1.807) is 6.92 Å². The van der Waals surface area contributed by atoms with E-state index in [9.17, 15) is 4.79 Å². The van der Waals surface area contributed by atoms with Crippen LogP contribution in [0, 0.1) is 13.8 Å². The van der Waals surface area contributed by atoms with Crippen molar-refractivity contribution in [3.63, 3.8) is 0 Å². The van der Waals surface area contributed by atoms with E-state index in [1.165, 1.54) is 12.5 Å². The Morgan fingerprint density at radius 2 is 1.67 bits per heavy atom. The number of anilines is 1.